The van der Waals surface area contributed by atoms with Crippen molar-refractivity contribution in [1.82, 2.24) is 4.90 Å². The molecule has 1 aromatic rings. The van der Waals surface area contributed by atoms with E-state index in [-0.39, 0.29) is 6.04 Å². The van der Waals surface area contributed by atoms with Crippen LogP contribution in [0.5, 0.6) is 0 Å². The van der Waals surface area contributed by atoms with E-state index in [9.17, 15) is 0 Å². The summed E-state index contributed by atoms with van der Waals surface area (Å²) in [5, 5.41) is 0. The van der Waals surface area contributed by atoms with Gasteiger partial charge in [-0.15, -0.1) is 0 Å². The molecule has 2 nitrogen and oxygen atoms in total. The highest BCUT2D eigenvalue weighted by Crippen LogP contribution is 2.33. The van der Waals surface area contributed by atoms with Crippen molar-refractivity contribution < 1.29 is 0 Å². The molecule has 3 atom stereocenters. The first-order valence-corrected chi connectivity index (χ1v) is 8.69. The third-order valence-corrected chi connectivity index (χ3v) is 4.83. The molecule has 0 aliphatic carbocycles. The van der Waals surface area contributed by atoms with Gasteiger partial charge < -0.3 is 5.73 Å². The minimum Gasteiger partial charge on any atom is -0.326 e. The Morgan fingerprint density at radius 1 is 1.40 bits per heavy atom. The van der Waals surface area contributed by atoms with Gasteiger partial charge in [0.15, 0.2) is 0 Å². The number of nitrogens with zero attached hydrogens (tertiary/aromatic N) is 1. The number of halogens is 1. The summed E-state index contributed by atoms with van der Waals surface area (Å²) in [6.45, 7) is 5.61. The van der Waals surface area contributed by atoms with E-state index in [2.05, 4.69) is 58.9 Å². The molecule has 0 saturated carbocycles. The number of likely N-dealkylation sites (tertiary alicyclic amines) is 1. The van der Waals surface area contributed by atoms with Crippen molar-refractivity contribution in [3.8, 4) is 0 Å². The standard InChI is InChI=1S/C17H27BrN2/c1-3-7-16-10-4-5-11-20(16)17(13(2)19)14-8-6-9-15(18)12-14/h6,8-9,12-13,16-17H,3-5,7,10-11,19H2,1-2H3. The van der Waals surface area contributed by atoms with Gasteiger partial charge in [-0.2, -0.15) is 0 Å². The Bertz CT molecular complexity index is 417. The number of hydrogen-bond acceptors (Lipinski definition) is 2. The molecule has 3 unspecified atom stereocenters. The third kappa shape index (κ3) is 3.84. The third-order valence-electron chi connectivity index (χ3n) is 4.34. The van der Waals surface area contributed by atoms with Crippen molar-refractivity contribution in [3.63, 3.8) is 0 Å². The lowest BCUT2D eigenvalue weighted by molar-refractivity contribution is 0.0764. The number of benzene rings is 1. The van der Waals surface area contributed by atoms with Gasteiger partial charge in [-0.3, -0.25) is 4.90 Å². The average Bonchev–Trinajstić information content (AvgIpc) is 2.41. The zero-order valence-electron chi connectivity index (χ0n) is 12.7. The quantitative estimate of drug-likeness (QED) is 0.856. The highest BCUT2D eigenvalue weighted by atomic mass is 79.9. The lowest BCUT2D eigenvalue weighted by Crippen LogP contribution is -2.47. The molecule has 1 heterocycles. The van der Waals surface area contributed by atoms with E-state index in [1.54, 1.807) is 0 Å². The van der Waals surface area contributed by atoms with Crippen molar-refractivity contribution in [3.05, 3.63) is 34.3 Å². The Kier molecular flexibility index (Phi) is 6.06. The SMILES string of the molecule is CCCC1CCCCN1C(c1cccc(Br)c1)C(C)N. The van der Waals surface area contributed by atoms with Crippen LogP contribution in [0.3, 0.4) is 0 Å². The molecule has 20 heavy (non-hydrogen) atoms. The molecular weight excluding hydrogens is 312 g/mol. The lowest BCUT2D eigenvalue weighted by atomic mass is 9.91. The van der Waals surface area contributed by atoms with Gasteiger partial charge in [-0.05, 0) is 50.4 Å². The van der Waals surface area contributed by atoms with Gasteiger partial charge in [-0.1, -0.05) is 47.8 Å². The molecule has 1 aliphatic rings. The average molecular weight is 339 g/mol. The largest absolute Gasteiger partial charge is 0.326 e. The number of rotatable bonds is 5. The first-order chi connectivity index (χ1) is 9.63. The van der Waals surface area contributed by atoms with Crippen molar-refractivity contribution in [1.29, 1.82) is 0 Å². The topological polar surface area (TPSA) is 29.3 Å². The molecule has 3 heteroatoms. The van der Waals surface area contributed by atoms with Crippen LogP contribution in [0.2, 0.25) is 0 Å². The van der Waals surface area contributed by atoms with Crippen LogP contribution in [0.4, 0.5) is 0 Å². The fraction of sp³-hybridized carbons (Fsp3) is 0.647. The summed E-state index contributed by atoms with van der Waals surface area (Å²) >= 11 is 3.59. The zero-order valence-corrected chi connectivity index (χ0v) is 14.3. The van der Waals surface area contributed by atoms with Crippen LogP contribution in [-0.2, 0) is 0 Å². The first kappa shape index (κ1) is 16.0. The van der Waals surface area contributed by atoms with Crippen LogP contribution < -0.4 is 5.73 Å². The van der Waals surface area contributed by atoms with E-state index in [4.69, 9.17) is 5.73 Å². The van der Waals surface area contributed by atoms with Crippen LogP contribution in [0.25, 0.3) is 0 Å². The lowest BCUT2D eigenvalue weighted by Gasteiger charge is -2.43. The van der Waals surface area contributed by atoms with Crippen molar-refractivity contribution in [2.45, 2.75) is 64.1 Å². The van der Waals surface area contributed by atoms with Gasteiger partial charge in [0.25, 0.3) is 0 Å². The molecule has 0 radical (unpaired) electrons. The Hall–Kier alpha value is -0.380. The highest BCUT2D eigenvalue weighted by Gasteiger charge is 2.31. The number of piperidine rings is 1. The molecule has 112 valence electrons. The zero-order chi connectivity index (χ0) is 14.5. The van der Waals surface area contributed by atoms with Crippen molar-refractivity contribution in [2.75, 3.05) is 6.54 Å². The molecule has 0 bridgehead atoms. The molecule has 2 rings (SSSR count). The summed E-state index contributed by atoms with van der Waals surface area (Å²) in [5.41, 5.74) is 7.70. The normalized spacial score (nSPS) is 23.5. The first-order valence-electron chi connectivity index (χ1n) is 7.90. The maximum Gasteiger partial charge on any atom is 0.0499 e. The molecule has 0 amide bonds. The molecule has 0 aromatic heterocycles. The van der Waals surface area contributed by atoms with Gasteiger partial charge in [-0.25, -0.2) is 0 Å². The fourth-order valence-electron chi connectivity index (χ4n) is 3.52. The van der Waals surface area contributed by atoms with Crippen LogP contribution in [0, 0.1) is 0 Å². The Labute approximate surface area is 131 Å². The second kappa shape index (κ2) is 7.58. The minimum atomic E-state index is 0.154. The van der Waals surface area contributed by atoms with Crippen LogP contribution in [0.1, 0.15) is 57.6 Å². The van der Waals surface area contributed by atoms with Gasteiger partial charge in [0, 0.05) is 22.6 Å². The maximum atomic E-state index is 6.35. The van der Waals surface area contributed by atoms with E-state index in [1.165, 1.54) is 44.2 Å². The van der Waals surface area contributed by atoms with Crippen LogP contribution >= 0.6 is 15.9 Å². The predicted molar refractivity (Wildman–Crippen MR) is 89.8 cm³/mol. The van der Waals surface area contributed by atoms with Crippen LogP contribution in [-0.4, -0.2) is 23.5 Å². The summed E-state index contributed by atoms with van der Waals surface area (Å²) in [5.74, 6) is 0. The van der Waals surface area contributed by atoms with E-state index >= 15 is 0 Å². The summed E-state index contributed by atoms with van der Waals surface area (Å²) in [6, 6.07) is 9.84. The number of nitrogens with two attached hydrogens (primary N) is 1. The molecule has 1 fully saturated rings. The Morgan fingerprint density at radius 2 is 2.20 bits per heavy atom. The van der Waals surface area contributed by atoms with Crippen LogP contribution in [0.15, 0.2) is 28.7 Å². The van der Waals surface area contributed by atoms with Gasteiger partial charge >= 0.3 is 0 Å². The molecule has 0 spiro atoms. The highest BCUT2D eigenvalue weighted by molar-refractivity contribution is 9.10. The van der Waals surface area contributed by atoms with E-state index in [0.717, 1.165) is 4.47 Å². The summed E-state index contributed by atoms with van der Waals surface area (Å²) < 4.78 is 1.14. The summed E-state index contributed by atoms with van der Waals surface area (Å²) in [6.07, 6.45) is 6.54. The van der Waals surface area contributed by atoms with Gasteiger partial charge in [0.2, 0.25) is 0 Å². The van der Waals surface area contributed by atoms with Crippen molar-refractivity contribution >= 4 is 15.9 Å². The molecule has 1 saturated heterocycles. The molecule has 1 aromatic carbocycles. The van der Waals surface area contributed by atoms with E-state index in [0.29, 0.717) is 12.1 Å². The minimum absolute atomic E-state index is 0.154. The Morgan fingerprint density at radius 3 is 2.85 bits per heavy atom. The Balaban J connectivity index is 2.26. The fourth-order valence-corrected chi connectivity index (χ4v) is 3.94. The smallest absolute Gasteiger partial charge is 0.0499 e. The van der Waals surface area contributed by atoms with Crippen molar-refractivity contribution in [2.24, 2.45) is 5.73 Å². The molecule has 1 aliphatic heterocycles. The summed E-state index contributed by atoms with van der Waals surface area (Å²) in [4.78, 5) is 2.67. The van der Waals surface area contributed by atoms with E-state index < -0.39 is 0 Å². The monoisotopic (exact) mass is 338 g/mol. The summed E-state index contributed by atoms with van der Waals surface area (Å²) in [7, 11) is 0. The second-order valence-corrected chi connectivity index (χ2v) is 6.95. The maximum absolute atomic E-state index is 6.35. The predicted octanol–water partition coefficient (Wildman–Crippen LogP) is 4.49. The van der Waals surface area contributed by atoms with E-state index in [1.807, 2.05) is 0 Å². The molecular formula is C17H27BrN2. The molecule has 2 N–H and O–H groups in total. The van der Waals surface area contributed by atoms with Gasteiger partial charge in [0.1, 0.15) is 0 Å². The number of hydrogen-bond donors (Lipinski definition) is 1. The second-order valence-electron chi connectivity index (χ2n) is 6.04. The van der Waals surface area contributed by atoms with Gasteiger partial charge in [0.05, 0.1) is 0 Å².